The SMILES string of the molecule is COc1ccc(/C=C/C(=O)NCCSCc2cccc(Cl)c2)cc1. The summed E-state index contributed by atoms with van der Waals surface area (Å²) in [5.74, 6) is 2.45. The van der Waals surface area contributed by atoms with Crippen LogP contribution in [0.2, 0.25) is 5.02 Å². The Bertz CT molecular complexity index is 686. The lowest BCUT2D eigenvalue weighted by Crippen LogP contribution is -2.23. The zero-order valence-electron chi connectivity index (χ0n) is 13.5. The molecule has 0 fully saturated rings. The Labute approximate surface area is 152 Å². The van der Waals surface area contributed by atoms with Crippen LogP contribution in [0.4, 0.5) is 0 Å². The summed E-state index contributed by atoms with van der Waals surface area (Å²) in [6, 6.07) is 15.4. The Balaban J connectivity index is 1.64. The standard InChI is InChI=1S/C19H20ClNO2S/c1-23-18-8-5-15(6-9-18)7-10-19(22)21-11-12-24-14-16-3-2-4-17(20)13-16/h2-10,13H,11-12,14H2,1H3,(H,21,22)/b10-7+. The average Bonchev–Trinajstić information content (AvgIpc) is 2.60. The van der Waals surface area contributed by atoms with Gasteiger partial charge in [-0.25, -0.2) is 0 Å². The first-order valence-electron chi connectivity index (χ1n) is 7.59. The molecule has 0 radical (unpaired) electrons. The van der Waals surface area contributed by atoms with E-state index in [1.54, 1.807) is 31.0 Å². The number of halogens is 1. The predicted octanol–water partition coefficient (Wildman–Crippen LogP) is 4.41. The van der Waals surface area contributed by atoms with E-state index in [1.165, 1.54) is 5.56 Å². The highest BCUT2D eigenvalue weighted by Gasteiger charge is 1.98. The molecule has 1 N–H and O–H groups in total. The summed E-state index contributed by atoms with van der Waals surface area (Å²) in [6.45, 7) is 0.636. The number of thioether (sulfide) groups is 1. The van der Waals surface area contributed by atoms with Gasteiger partial charge < -0.3 is 10.1 Å². The van der Waals surface area contributed by atoms with E-state index in [1.807, 2.05) is 42.5 Å². The zero-order chi connectivity index (χ0) is 17.2. The van der Waals surface area contributed by atoms with Crippen LogP contribution in [0.25, 0.3) is 6.08 Å². The van der Waals surface area contributed by atoms with Crippen molar-refractivity contribution in [1.29, 1.82) is 0 Å². The van der Waals surface area contributed by atoms with Gasteiger partial charge in [0.2, 0.25) is 5.91 Å². The molecule has 0 spiro atoms. The molecule has 0 atom stereocenters. The van der Waals surface area contributed by atoms with Crippen molar-refractivity contribution in [3.05, 3.63) is 70.8 Å². The third kappa shape index (κ3) is 6.69. The minimum atomic E-state index is -0.0887. The van der Waals surface area contributed by atoms with Crippen LogP contribution in [0.5, 0.6) is 5.75 Å². The molecule has 0 saturated heterocycles. The van der Waals surface area contributed by atoms with E-state index in [9.17, 15) is 4.79 Å². The van der Waals surface area contributed by atoms with E-state index in [0.717, 1.165) is 27.8 Å². The summed E-state index contributed by atoms with van der Waals surface area (Å²) in [7, 11) is 1.63. The third-order valence-electron chi connectivity index (χ3n) is 3.25. The van der Waals surface area contributed by atoms with Crippen molar-refractivity contribution in [1.82, 2.24) is 5.32 Å². The van der Waals surface area contributed by atoms with Crippen LogP contribution in [-0.4, -0.2) is 25.3 Å². The number of amides is 1. The van der Waals surface area contributed by atoms with Crippen LogP contribution >= 0.6 is 23.4 Å². The van der Waals surface area contributed by atoms with Gasteiger partial charge >= 0.3 is 0 Å². The van der Waals surface area contributed by atoms with Crippen molar-refractivity contribution in [2.45, 2.75) is 5.75 Å². The molecule has 0 aliphatic carbocycles. The second-order valence-electron chi connectivity index (χ2n) is 5.08. The summed E-state index contributed by atoms with van der Waals surface area (Å²) in [4.78, 5) is 11.8. The van der Waals surface area contributed by atoms with Crippen LogP contribution in [-0.2, 0) is 10.5 Å². The molecule has 2 rings (SSSR count). The minimum Gasteiger partial charge on any atom is -0.497 e. The Morgan fingerprint density at radius 1 is 1.25 bits per heavy atom. The molecule has 126 valence electrons. The summed E-state index contributed by atoms with van der Waals surface area (Å²) in [5, 5.41) is 3.63. The first kappa shape index (κ1) is 18.4. The highest BCUT2D eigenvalue weighted by Crippen LogP contribution is 2.16. The van der Waals surface area contributed by atoms with Gasteiger partial charge in [-0.15, -0.1) is 0 Å². The number of methoxy groups -OCH3 is 1. The molecule has 2 aromatic carbocycles. The quantitative estimate of drug-likeness (QED) is 0.559. The van der Waals surface area contributed by atoms with Crippen molar-refractivity contribution >= 4 is 35.3 Å². The first-order chi connectivity index (χ1) is 11.7. The van der Waals surface area contributed by atoms with Crippen molar-refractivity contribution < 1.29 is 9.53 Å². The molecule has 0 aliphatic heterocycles. The molecule has 0 aliphatic rings. The molecule has 0 heterocycles. The highest BCUT2D eigenvalue weighted by atomic mass is 35.5. The Kier molecular flexibility index (Phi) is 7.72. The molecular weight excluding hydrogens is 342 g/mol. The molecule has 1 amide bonds. The Hall–Kier alpha value is -1.91. The lowest BCUT2D eigenvalue weighted by molar-refractivity contribution is -0.116. The molecule has 3 nitrogen and oxygen atoms in total. The minimum absolute atomic E-state index is 0.0887. The zero-order valence-corrected chi connectivity index (χ0v) is 15.1. The number of nitrogens with one attached hydrogen (secondary N) is 1. The van der Waals surface area contributed by atoms with Gasteiger partial charge in [-0.2, -0.15) is 11.8 Å². The van der Waals surface area contributed by atoms with Gasteiger partial charge in [0, 0.05) is 29.1 Å². The van der Waals surface area contributed by atoms with Gasteiger partial charge in [0.15, 0.2) is 0 Å². The number of ether oxygens (including phenoxy) is 1. The van der Waals surface area contributed by atoms with Crippen LogP contribution in [0.3, 0.4) is 0 Å². The smallest absolute Gasteiger partial charge is 0.244 e. The fourth-order valence-corrected chi connectivity index (χ4v) is 3.03. The van der Waals surface area contributed by atoms with Crippen LogP contribution in [0, 0.1) is 0 Å². The maximum absolute atomic E-state index is 11.8. The van der Waals surface area contributed by atoms with Gasteiger partial charge in [0.05, 0.1) is 7.11 Å². The van der Waals surface area contributed by atoms with Crippen LogP contribution in [0.15, 0.2) is 54.6 Å². The van der Waals surface area contributed by atoms with E-state index in [-0.39, 0.29) is 5.91 Å². The van der Waals surface area contributed by atoms with Crippen molar-refractivity contribution in [2.75, 3.05) is 19.4 Å². The molecule has 0 aromatic heterocycles. The summed E-state index contributed by atoms with van der Waals surface area (Å²) >= 11 is 7.71. The van der Waals surface area contributed by atoms with Gasteiger partial charge in [0.1, 0.15) is 5.75 Å². The van der Waals surface area contributed by atoms with Gasteiger partial charge in [-0.05, 0) is 41.5 Å². The number of hydrogen-bond donors (Lipinski definition) is 1. The van der Waals surface area contributed by atoms with E-state index < -0.39 is 0 Å². The van der Waals surface area contributed by atoms with Crippen LogP contribution in [0.1, 0.15) is 11.1 Å². The van der Waals surface area contributed by atoms with Gasteiger partial charge in [0.25, 0.3) is 0 Å². The first-order valence-corrected chi connectivity index (χ1v) is 9.13. The molecule has 2 aromatic rings. The van der Waals surface area contributed by atoms with Crippen molar-refractivity contribution in [3.63, 3.8) is 0 Å². The van der Waals surface area contributed by atoms with Gasteiger partial charge in [-0.3, -0.25) is 4.79 Å². The third-order valence-corrected chi connectivity index (χ3v) is 4.51. The molecular formula is C19H20ClNO2S. The lowest BCUT2D eigenvalue weighted by atomic mass is 10.2. The predicted molar refractivity (Wildman–Crippen MR) is 103 cm³/mol. The maximum Gasteiger partial charge on any atom is 0.244 e. The Morgan fingerprint density at radius 3 is 2.75 bits per heavy atom. The maximum atomic E-state index is 11.8. The number of carbonyl (C=O) groups is 1. The number of rotatable bonds is 8. The summed E-state index contributed by atoms with van der Waals surface area (Å²) in [6.07, 6.45) is 3.33. The fraction of sp³-hybridized carbons (Fsp3) is 0.211. The topological polar surface area (TPSA) is 38.3 Å². The van der Waals surface area contributed by atoms with E-state index >= 15 is 0 Å². The van der Waals surface area contributed by atoms with Crippen molar-refractivity contribution in [2.24, 2.45) is 0 Å². The molecule has 5 heteroatoms. The second kappa shape index (κ2) is 10.1. The number of benzene rings is 2. The monoisotopic (exact) mass is 361 g/mol. The molecule has 0 bridgehead atoms. The van der Waals surface area contributed by atoms with Crippen molar-refractivity contribution in [3.8, 4) is 5.75 Å². The van der Waals surface area contributed by atoms with Gasteiger partial charge in [-0.1, -0.05) is 35.9 Å². The number of carbonyl (C=O) groups excluding carboxylic acids is 1. The second-order valence-corrected chi connectivity index (χ2v) is 6.62. The van der Waals surface area contributed by atoms with Crippen LogP contribution < -0.4 is 10.1 Å². The largest absolute Gasteiger partial charge is 0.497 e. The number of hydrogen-bond acceptors (Lipinski definition) is 3. The normalized spacial score (nSPS) is 10.8. The van der Waals surface area contributed by atoms with E-state index in [2.05, 4.69) is 11.4 Å². The summed E-state index contributed by atoms with van der Waals surface area (Å²) in [5.41, 5.74) is 2.15. The highest BCUT2D eigenvalue weighted by molar-refractivity contribution is 7.98. The summed E-state index contributed by atoms with van der Waals surface area (Å²) < 4.78 is 5.10. The van der Waals surface area contributed by atoms with E-state index in [0.29, 0.717) is 6.54 Å². The lowest BCUT2D eigenvalue weighted by Gasteiger charge is -2.04. The Morgan fingerprint density at radius 2 is 2.04 bits per heavy atom. The molecule has 24 heavy (non-hydrogen) atoms. The average molecular weight is 362 g/mol. The van der Waals surface area contributed by atoms with E-state index in [4.69, 9.17) is 16.3 Å². The fourth-order valence-electron chi connectivity index (χ4n) is 2.01. The molecule has 0 saturated carbocycles. The molecule has 0 unspecified atom stereocenters.